The summed E-state index contributed by atoms with van der Waals surface area (Å²) in [6, 6.07) is 9.64. The lowest BCUT2D eigenvalue weighted by molar-refractivity contribution is -0.144. The summed E-state index contributed by atoms with van der Waals surface area (Å²) < 4.78 is 5.40. The van der Waals surface area contributed by atoms with Crippen LogP contribution >= 0.6 is 0 Å². The lowest BCUT2D eigenvalue weighted by Crippen LogP contribution is -2.51. The van der Waals surface area contributed by atoms with Crippen molar-refractivity contribution in [3.8, 4) is 0 Å². The lowest BCUT2D eigenvalue weighted by atomic mass is 10.1. The van der Waals surface area contributed by atoms with Gasteiger partial charge in [-0.25, -0.2) is 0 Å². The summed E-state index contributed by atoms with van der Waals surface area (Å²) in [6.45, 7) is 4.81. The Morgan fingerprint density at radius 2 is 1.90 bits per heavy atom. The van der Waals surface area contributed by atoms with Crippen molar-refractivity contribution in [1.29, 1.82) is 0 Å². The second kappa shape index (κ2) is 7.38. The van der Waals surface area contributed by atoms with E-state index in [9.17, 15) is 4.79 Å². The Balaban J connectivity index is 1.97. The highest BCUT2D eigenvalue weighted by molar-refractivity contribution is 5.82. The third-order valence-corrected chi connectivity index (χ3v) is 3.69. The van der Waals surface area contributed by atoms with E-state index in [1.54, 1.807) is 7.11 Å². The van der Waals surface area contributed by atoms with Gasteiger partial charge in [0.25, 0.3) is 5.91 Å². The molecule has 1 aliphatic rings. The fourth-order valence-corrected chi connectivity index (χ4v) is 2.55. The van der Waals surface area contributed by atoms with Crippen LogP contribution < -0.4 is 5.73 Å². The van der Waals surface area contributed by atoms with Crippen LogP contribution in [0.25, 0.3) is 0 Å². The zero-order chi connectivity index (χ0) is 14.4. The molecule has 1 aromatic rings. The topological polar surface area (TPSA) is 58.8 Å². The molecule has 0 radical (unpaired) electrons. The average Bonchev–Trinajstić information content (AvgIpc) is 2.50. The molecule has 5 nitrogen and oxygen atoms in total. The van der Waals surface area contributed by atoms with Gasteiger partial charge in [0.05, 0.1) is 0 Å². The van der Waals surface area contributed by atoms with Gasteiger partial charge in [-0.15, -0.1) is 0 Å². The minimum Gasteiger partial charge on any atom is -0.367 e. The first-order valence-corrected chi connectivity index (χ1v) is 7.05. The third kappa shape index (κ3) is 3.56. The van der Waals surface area contributed by atoms with E-state index in [1.807, 2.05) is 35.2 Å². The maximum absolute atomic E-state index is 12.6. The van der Waals surface area contributed by atoms with E-state index in [1.165, 1.54) is 0 Å². The Kier molecular flexibility index (Phi) is 5.52. The van der Waals surface area contributed by atoms with Gasteiger partial charge in [0, 0.05) is 46.4 Å². The normalized spacial score (nSPS) is 18.0. The van der Waals surface area contributed by atoms with Crippen LogP contribution in [0, 0.1) is 0 Å². The Morgan fingerprint density at radius 3 is 2.45 bits per heavy atom. The van der Waals surface area contributed by atoms with Gasteiger partial charge in [-0.05, 0) is 5.56 Å². The molecule has 5 heteroatoms. The van der Waals surface area contributed by atoms with Crippen molar-refractivity contribution in [2.45, 2.75) is 6.10 Å². The van der Waals surface area contributed by atoms with E-state index in [0.29, 0.717) is 6.54 Å². The van der Waals surface area contributed by atoms with Crippen molar-refractivity contribution in [2.75, 3.05) is 46.4 Å². The van der Waals surface area contributed by atoms with Gasteiger partial charge < -0.3 is 15.4 Å². The van der Waals surface area contributed by atoms with Crippen molar-refractivity contribution in [1.82, 2.24) is 9.80 Å². The molecule has 1 heterocycles. The maximum atomic E-state index is 12.6. The van der Waals surface area contributed by atoms with Gasteiger partial charge >= 0.3 is 0 Å². The summed E-state index contributed by atoms with van der Waals surface area (Å²) >= 11 is 0. The first kappa shape index (κ1) is 15.0. The van der Waals surface area contributed by atoms with Crippen molar-refractivity contribution in [2.24, 2.45) is 5.73 Å². The van der Waals surface area contributed by atoms with Gasteiger partial charge in [-0.3, -0.25) is 9.69 Å². The van der Waals surface area contributed by atoms with E-state index in [2.05, 4.69) is 4.90 Å². The van der Waals surface area contributed by atoms with Crippen LogP contribution in [-0.2, 0) is 9.53 Å². The Labute approximate surface area is 120 Å². The monoisotopic (exact) mass is 277 g/mol. The highest BCUT2D eigenvalue weighted by Gasteiger charge is 2.28. The number of methoxy groups -OCH3 is 1. The number of rotatable bonds is 5. The van der Waals surface area contributed by atoms with Crippen molar-refractivity contribution < 1.29 is 9.53 Å². The van der Waals surface area contributed by atoms with Crippen LogP contribution in [0.3, 0.4) is 0 Å². The van der Waals surface area contributed by atoms with Gasteiger partial charge in [0.2, 0.25) is 0 Å². The molecule has 1 amide bonds. The molecule has 0 spiro atoms. The number of piperazine rings is 1. The van der Waals surface area contributed by atoms with E-state index in [-0.39, 0.29) is 5.91 Å². The zero-order valence-electron chi connectivity index (χ0n) is 12.0. The summed E-state index contributed by atoms with van der Waals surface area (Å²) in [6.07, 6.45) is -0.503. The van der Waals surface area contributed by atoms with Crippen LogP contribution in [0.2, 0.25) is 0 Å². The number of nitrogens with zero attached hydrogens (tertiary/aromatic N) is 2. The molecule has 2 rings (SSSR count). The fraction of sp³-hybridized carbons (Fsp3) is 0.533. The lowest BCUT2D eigenvalue weighted by Gasteiger charge is -2.36. The zero-order valence-corrected chi connectivity index (χ0v) is 12.0. The van der Waals surface area contributed by atoms with Crippen molar-refractivity contribution in [3.05, 3.63) is 35.9 Å². The predicted molar refractivity (Wildman–Crippen MR) is 78.3 cm³/mol. The molecule has 1 aromatic carbocycles. The number of hydrogen-bond acceptors (Lipinski definition) is 4. The molecule has 1 atom stereocenters. The van der Waals surface area contributed by atoms with E-state index in [0.717, 1.165) is 38.3 Å². The van der Waals surface area contributed by atoms with Gasteiger partial charge in [-0.1, -0.05) is 30.3 Å². The Hall–Kier alpha value is -1.43. The number of nitrogens with two attached hydrogens (primary N) is 1. The molecule has 0 bridgehead atoms. The molecule has 0 saturated carbocycles. The minimum atomic E-state index is -0.503. The molecular weight excluding hydrogens is 254 g/mol. The molecule has 1 aliphatic heterocycles. The minimum absolute atomic E-state index is 0.0473. The molecule has 20 heavy (non-hydrogen) atoms. The number of amides is 1. The molecule has 0 aliphatic carbocycles. The summed E-state index contributed by atoms with van der Waals surface area (Å²) in [7, 11) is 1.58. The maximum Gasteiger partial charge on any atom is 0.256 e. The highest BCUT2D eigenvalue weighted by atomic mass is 16.5. The van der Waals surface area contributed by atoms with Gasteiger partial charge in [0.1, 0.15) is 0 Å². The average molecular weight is 277 g/mol. The first-order chi connectivity index (χ1) is 9.76. The molecule has 1 unspecified atom stereocenters. The van der Waals surface area contributed by atoms with Crippen LogP contribution in [0.4, 0.5) is 0 Å². The number of carbonyl (C=O) groups is 1. The summed E-state index contributed by atoms with van der Waals surface area (Å²) in [4.78, 5) is 16.7. The molecule has 1 saturated heterocycles. The SMILES string of the molecule is COC(C(=O)N1CCN(CCN)CC1)c1ccccc1. The molecule has 2 N–H and O–H groups in total. The van der Waals surface area contributed by atoms with Crippen molar-refractivity contribution in [3.63, 3.8) is 0 Å². The highest BCUT2D eigenvalue weighted by Crippen LogP contribution is 2.20. The number of hydrogen-bond donors (Lipinski definition) is 1. The summed E-state index contributed by atoms with van der Waals surface area (Å²) in [5.41, 5.74) is 6.46. The third-order valence-electron chi connectivity index (χ3n) is 3.69. The second-order valence-electron chi connectivity index (χ2n) is 4.98. The summed E-state index contributed by atoms with van der Waals surface area (Å²) in [5.74, 6) is 0.0473. The summed E-state index contributed by atoms with van der Waals surface area (Å²) in [5, 5.41) is 0. The number of carbonyl (C=O) groups excluding carboxylic acids is 1. The molecule has 0 aromatic heterocycles. The quantitative estimate of drug-likeness (QED) is 0.850. The second-order valence-corrected chi connectivity index (χ2v) is 4.98. The van der Waals surface area contributed by atoms with E-state index < -0.39 is 6.10 Å². The van der Waals surface area contributed by atoms with E-state index in [4.69, 9.17) is 10.5 Å². The van der Waals surface area contributed by atoms with Crippen LogP contribution in [0.15, 0.2) is 30.3 Å². The molecule has 110 valence electrons. The first-order valence-electron chi connectivity index (χ1n) is 7.05. The predicted octanol–water partition coefficient (Wildman–Crippen LogP) is 0.477. The smallest absolute Gasteiger partial charge is 0.256 e. The largest absolute Gasteiger partial charge is 0.367 e. The van der Waals surface area contributed by atoms with Gasteiger partial charge in [-0.2, -0.15) is 0 Å². The standard InChI is InChI=1S/C15H23N3O2/c1-20-14(13-5-3-2-4-6-13)15(19)18-11-9-17(8-7-16)10-12-18/h2-6,14H,7-12,16H2,1H3. The van der Waals surface area contributed by atoms with Gasteiger partial charge in [0.15, 0.2) is 6.10 Å². The fourth-order valence-electron chi connectivity index (χ4n) is 2.55. The number of ether oxygens (including phenoxy) is 1. The Bertz CT molecular complexity index is 416. The van der Waals surface area contributed by atoms with Crippen LogP contribution in [0.1, 0.15) is 11.7 Å². The molecular formula is C15H23N3O2. The molecule has 1 fully saturated rings. The van der Waals surface area contributed by atoms with E-state index >= 15 is 0 Å². The van der Waals surface area contributed by atoms with Crippen molar-refractivity contribution >= 4 is 5.91 Å². The Morgan fingerprint density at radius 1 is 1.25 bits per heavy atom. The number of benzene rings is 1. The van der Waals surface area contributed by atoms with Crippen LogP contribution in [-0.4, -0.2) is 62.1 Å². The van der Waals surface area contributed by atoms with Crippen LogP contribution in [0.5, 0.6) is 0 Å².